The van der Waals surface area contributed by atoms with Crippen molar-refractivity contribution < 1.29 is 13.6 Å². The summed E-state index contributed by atoms with van der Waals surface area (Å²) in [6.07, 6.45) is 1.58. The highest BCUT2D eigenvalue weighted by atomic mass is 32.1. The number of carbonyl (C=O) groups is 1. The van der Waals surface area contributed by atoms with E-state index in [-0.39, 0.29) is 18.0 Å². The van der Waals surface area contributed by atoms with Crippen LogP contribution in [0.3, 0.4) is 0 Å². The highest BCUT2D eigenvalue weighted by molar-refractivity contribution is 7.12. The summed E-state index contributed by atoms with van der Waals surface area (Å²) in [5.74, 6) is 0.346. The molecule has 0 bridgehead atoms. The number of likely N-dealkylation sites (tertiary alicyclic amines) is 1. The second kappa shape index (κ2) is 7.97. The van der Waals surface area contributed by atoms with Crippen LogP contribution in [0.4, 0.5) is 8.78 Å². The van der Waals surface area contributed by atoms with E-state index in [0.29, 0.717) is 21.7 Å². The third kappa shape index (κ3) is 3.66. The quantitative estimate of drug-likeness (QED) is 0.684. The van der Waals surface area contributed by atoms with Crippen molar-refractivity contribution in [1.29, 1.82) is 0 Å². The number of rotatable bonds is 5. The van der Waals surface area contributed by atoms with Crippen LogP contribution in [-0.2, 0) is 0 Å². The van der Waals surface area contributed by atoms with E-state index in [1.807, 2.05) is 24.4 Å². The number of piperidine rings is 1. The summed E-state index contributed by atoms with van der Waals surface area (Å²) in [7, 11) is 0. The number of hydrogen-bond acceptors (Lipinski definition) is 4. The number of alkyl halides is 2. The van der Waals surface area contributed by atoms with Crippen LogP contribution in [0.15, 0.2) is 41.8 Å². The van der Waals surface area contributed by atoms with Crippen molar-refractivity contribution in [2.45, 2.75) is 38.4 Å². The molecule has 2 aromatic heterocycles. The molecule has 0 aliphatic carbocycles. The molecular weight excluding hydrogens is 382 g/mol. The van der Waals surface area contributed by atoms with Gasteiger partial charge in [0.05, 0.1) is 22.0 Å². The van der Waals surface area contributed by atoms with Gasteiger partial charge in [0.1, 0.15) is 5.82 Å². The van der Waals surface area contributed by atoms with E-state index in [1.165, 1.54) is 11.3 Å². The number of hydrogen-bond donors (Lipinski definition) is 1. The van der Waals surface area contributed by atoms with Gasteiger partial charge in [-0.05, 0) is 43.3 Å². The van der Waals surface area contributed by atoms with Gasteiger partial charge in [0.25, 0.3) is 5.91 Å². The number of nitrogens with one attached hydrogen (secondary N) is 1. The molecule has 0 spiro atoms. The zero-order chi connectivity index (χ0) is 19.7. The van der Waals surface area contributed by atoms with E-state index in [1.54, 1.807) is 24.3 Å². The van der Waals surface area contributed by atoms with Gasteiger partial charge in [0.2, 0.25) is 0 Å². The van der Waals surface area contributed by atoms with Crippen LogP contribution in [0.25, 0.3) is 11.0 Å². The molecule has 1 aliphatic rings. The molecule has 1 unspecified atom stereocenters. The molecule has 0 radical (unpaired) electrons. The minimum atomic E-state index is -2.63. The standard InChI is InChI=1S/C20H22F2N4OS/c1-13(18-24-15-5-2-3-6-16(15)26(18)20(21)22)25-10-8-14(9-11-25)23-19(27)17-7-4-12-28-17/h2-7,12-14,20H,8-11H2,1H3,(H,23,27). The Morgan fingerprint density at radius 1 is 1.21 bits per heavy atom. The Hall–Kier alpha value is -2.32. The maximum absolute atomic E-state index is 13.7. The first-order valence-electron chi connectivity index (χ1n) is 9.38. The summed E-state index contributed by atoms with van der Waals surface area (Å²) >= 11 is 1.42. The number of fused-ring (bicyclic) bond motifs is 1. The normalized spacial score (nSPS) is 17.3. The lowest BCUT2D eigenvalue weighted by atomic mass is 10.0. The summed E-state index contributed by atoms with van der Waals surface area (Å²) in [6, 6.07) is 10.5. The molecule has 5 nitrogen and oxygen atoms in total. The van der Waals surface area contributed by atoms with Crippen molar-refractivity contribution in [3.8, 4) is 0 Å². The minimum Gasteiger partial charge on any atom is -0.349 e. The number of thiophene rings is 1. The van der Waals surface area contributed by atoms with Gasteiger partial charge in [0, 0.05) is 19.1 Å². The number of aromatic nitrogens is 2. The molecule has 1 saturated heterocycles. The summed E-state index contributed by atoms with van der Waals surface area (Å²) in [5.41, 5.74) is 1.04. The lowest BCUT2D eigenvalue weighted by molar-refractivity contribution is 0.0612. The Morgan fingerprint density at radius 2 is 1.96 bits per heavy atom. The van der Waals surface area contributed by atoms with Gasteiger partial charge >= 0.3 is 6.55 Å². The molecule has 148 valence electrons. The van der Waals surface area contributed by atoms with Gasteiger partial charge in [0.15, 0.2) is 0 Å². The van der Waals surface area contributed by atoms with Crippen molar-refractivity contribution in [3.05, 3.63) is 52.5 Å². The van der Waals surface area contributed by atoms with Crippen LogP contribution in [-0.4, -0.2) is 39.5 Å². The number of carbonyl (C=O) groups excluding carboxylic acids is 1. The number of halogens is 2. The van der Waals surface area contributed by atoms with Gasteiger partial charge in [-0.1, -0.05) is 18.2 Å². The molecule has 1 amide bonds. The van der Waals surface area contributed by atoms with Crippen molar-refractivity contribution in [2.24, 2.45) is 0 Å². The summed E-state index contributed by atoms with van der Waals surface area (Å²) < 4.78 is 28.5. The maximum atomic E-state index is 13.7. The Morgan fingerprint density at radius 3 is 2.64 bits per heavy atom. The molecule has 28 heavy (non-hydrogen) atoms. The molecule has 1 fully saturated rings. The van der Waals surface area contributed by atoms with E-state index in [0.717, 1.165) is 30.5 Å². The van der Waals surface area contributed by atoms with Gasteiger partial charge in [-0.25, -0.2) is 4.98 Å². The van der Waals surface area contributed by atoms with Crippen molar-refractivity contribution in [1.82, 2.24) is 19.8 Å². The smallest absolute Gasteiger partial charge is 0.320 e. The van der Waals surface area contributed by atoms with Crippen molar-refractivity contribution in [2.75, 3.05) is 13.1 Å². The Labute approximate surface area is 166 Å². The van der Waals surface area contributed by atoms with E-state index in [9.17, 15) is 13.6 Å². The van der Waals surface area contributed by atoms with Crippen molar-refractivity contribution in [3.63, 3.8) is 0 Å². The van der Waals surface area contributed by atoms with Crippen LogP contribution in [0, 0.1) is 0 Å². The summed E-state index contributed by atoms with van der Waals surface area (Å²) in [5, 5.41) is 4.96. The highest BCUT2D eigenvalue weighted by Crippen LogP contribution is 2.30. The van der Waals surface area contributed by atoms with E-state index < -0.39 is 6.55 Å². The van der Waals surface area contributed by atoms with Crippen LogP contribution in [0.2, 0.25) is 0 Å². The predicted molar refractivity (Wildman–Crippen MR) is 106 cm³/mol. The number of benzene rings is 1. The Kier molecular flexibility index (Phi) is 5.41. The molecule has 1 atom stereocenters. The molecule has 0 saturated carbocycles. The summed E-state index contributed by atoms with van der Waals surface area (Å²) in [4.78, 5) is 19.6. The zero-order valence-corrected chi connectivity index (χ0v) is 16.3. The Balaban J connectivity index is 1.44. The Bertz CT molecular complexity index is 948. The second-order valence-electron chi connectivity index (χ2n) is 7.04. The first-order valence-corrected chi connectivity index (χ1v) is 10.3. The molecule has 3 heterocycles. The SMILES string of the molecule is CC(c1nc2ccccc2n1C(F)F)N1CCC(NC(=O)c2cccs2)CC1. The molecule has 1 N–H and O–H groups in total. The van der Waals surface area contributed by atoms with Gasteiger partial charge < -0.3 is 5.32 Å². The first-order chi connectivity index (χ1) is 13.5. The van der Waals surface area contributed by atoms with E-state index in [4.69, 9.17) is 0 Å². The average molecular weight is 404 g/mol. The molecule has 8 heteroatoms. The topological polar surface area (TPSA) is 50.2 Å². The second-order valence-corrected chi connectivity index (χ2v) is 7.99. The lowest BCUT2D eigenvalue weighted by Crippen LogP contribution is -2.45. The fourth-order valence-corrected chi connectivity index (χ4v) is 4.45. The predicted octanol–water partition coefficient (Wildman–Crippen LogP) is 4.45. The number of amides is 1. The first kappa shape index (κ1) is 19.0. The molecule has 1 aromatic carbocycles. The monoisotopic (exact) mass is 404 g/mol. The minimum absolute atomic E-state index is 0.0407. The van der Waals surface area contributed by atoms with E-state index >= 15 is 0 Å². The fraction of sp³-hybridized carbons (Fsp3) is 0.400. The fourth-order valence-electron chi connectivity index (χ4n) is 3.82. The van der Waals surface area contributed by atoms with Crippen LogP contribution >= 0.6 is 11.3 Å². The molecule has 3 aromatic rings. The van der Waals surface area contributed by atoms with Gasteiger partial charge in [-0.3, -0.25) is 14.3 Å². The maximum Gasteiger partial charge on any atom is 0.320 e. The van der Waals surface area contributed by atoms with Gasteiger partial charge in [-0.15, -0.1) is 11.3 Å². The number of imidazole rings is 1. The summed E-state index contributed by atoms with van der Waals surface area (Å²) in [6.45, 7) is 0.740. The molecule has 4 rings (SSSR count). The van der Waals surface area contributed by atoms with Crippen LogP contribution < -0.4 is 5.32 Å². The van der Waals surface area contributed by atoms with Crippen molar-refractivity contribution >= 4 is 28.3 Å². The zero-order valence-electron chi connectivity index (χ0n) is 15.5. The van der Waals surface area contributed by atoms with Crippen LogP contribution in [0.1, 0.15) is 47.9 Å². The third-order valence-electron chi connectivity index (χ3n) is 5.35. The van der Waals surface area contributed by atoms with E-state index in [2.05, 4.69) is 15.2 Å². The van der Waals surface area contributed by atoms with Crippen LogP contribution in [0.5, 0.6) is 0 Å². The largest absolute Gasteiger partial charge is 0.349 e. The lowest BCUT2D eigenvalue weighted by Gasteiger charge is -2.36. The molecular formula is C20H22F2N4OS. The highest BCUT2D eigenvalue weighted by Gasteiger charge is 2.29. The third-order valence-corrected chi connectivity index (χ3v) is 6.22. The average Bonchev–Trinajstić information content (AvgIpc) is 3.36. The molecule has 1 aliphatic heterocycles. The number of para-hydroxylation sites is 2. The number of nitrogens with zero attached hydrogens (tertiary/aromatic N) is 3. The van der Waals surface area contributed by atoms with Gasteiger partial charge in [-0.2, -0.15) is 8.78 Å².